The van der Waals surface area contributed by atoms with Crippen molar-refractivity contribution in [2.24, 2.45) is 0 Å². The standard InChI is InChI=1S/C17H12N6O2S/c1-25-17(24)15-10(7-20-23-15)8-4-12(22-16(19)9(8)6-18)13-5-14-11(21-13)2-3-26-14/h2-5,7,21H,1H3,(H2,19,22)(H,20,23). The van der Waals surface area contributed by atoms with E-state index in [-0.39, 0.29) is 17.1 Å². The number of anilines is 1. The number of carbonyl (C=O) groups excluding carboxylic acids is 1. The topological polar surface area (TPSA) is 133 Å². The van der Waals surface area contributed by atoms with E-state index in [1.54, 1.807) is 17.4 Å². The van der Waals surface area contributed by atoms with Gasteiger partial charge in [-0.1, -0.05) is 0 Å². The normalized spacial score (nSPS) is 10.8. The first kappa shape index (κ1) is 15.9. The Morgan fingerprint density at radius 1 is 1.38 bits per heavy atom. The molecule has 0 saturated carbocycles. The van der Waals surface area contributed by atoms with Crippen LogP contribution in [0.2, 0.25) is 0 Å². The fraction of sp³-hybridized carbons (Fsp3) is 0.0588. The maximum absolute atomic E-state index is 12.0. The Morgan fingerprint density at radius 3 is 2.96 bits per heavy atom. The number of nitrogens with zero attached hydrogens (tertiary/aromatic N) is 3. The van der Waals surface area contributed by atoms with Gasteiger partial charge in [0.2, 0.25) is 0 Å². The summed E-state index contributed by atoms with van der Waals surface area (Å²) in [5, 5.41) is 18.0. The van der Waals surface area contributed by atoms with Gasteiger partial charge in [0, 0.05) is 11.1 Å². The van der Waals surface area contributed by atoms with Gasteiger partial charge in [-0.05, 0) is 23.6 Å². The fourth-order valence-corrected chi connectivity index (χ4v) is 3.55. The summed E-state index contributed by atoms with van der Waals surface area (Å²) in [6.45, 7) is 0. The Kier molecular flexibility index (Phi) is 3.67. The zero-order valence-electron chi connectivity index (χ0n) is 13.5. The minimum absolute atomic E-state index is 0.0787. The second-order valence-corrected chi connectivity index (χ2v) is 6.41. The molecule has 0 saturated heterocycles. The third-order valence-corrected chi connectivity index (χ3v) is 4.86. The third kappa shape index (κ3) is 2.40. The maximum Gasteiger partial charge on any atom is 0.356 e. The van der Waals surface area contributed by atoms with Gasteiger partial charge in [0.05, 0.1) is 34.9 Å². The number of fused-ring (bicyclic) bond motifs is 1. The number of ether oxygens (including phenoxy) is 1. The summed E-state index contributed by atoms with van der Waals surface area (Å²) >= 11 is 1.61. The second kappa shape index (κ2) is 6.02. The molecular formula is C17H12N6O2S. The number of nitrogens with one attached hydrogen (secondary N) is 2. The molecule has 0 aliphatic carbocycles. The molecule has 128 valence electrons. The van der Waals surface area contributed by atoms with E-state index < -0.39 is 5.97 Å². The summed E-state index contributed by atoms with van der Waals surface area (Å²) in [6, 6.07) is 7.70. The molecule has 0 unspecified atom stereocenters. The predicted molar refractivity (Wildman–Crippen MR) is 97.5 cm³/mol. The average molecular weight is 364 g/mol. The van der Waals surface area contributed by atoms with Gasteiger partial charge >= 0.3 is 5.97 Å². The van der Waals surface area contributed by atoms with Crippen molar-refractivity contribution in [1.29, 1.82) is 5.26 Å². The summed E-state index contributed by atoms with van der Waals surface area (Å²) in [4.78, 5) is 19.6. The van der Waals surface area contributed by atoms with Gasteiger partial charge in [-0.25, -0.2) is 9.78 Å². The highest BCUT2D eigenvalue weighted by molar-refractivity contribution is 7.17. The van der Waals surface area contributed by atoms with Crippen molar-refractivity contribution in [1.82, 2.24) is 20.2 Å². The molecule has 4 aromatic heterocycles. The van der Waals surface area contributed by atoms with Crippen molar-refractivity contribution >= 4 is 33.3 Å². The van der Waals surface area contributed by atoms with Crippen LogP contribution in [-0.4, -0.2) is 33.2 Å². The number of aromatic nitrogens is 4. The van der Waals surface area contributed by atoms with Crippen LogP contribution in [0.15, 0.2) is 29.8 Å². The fourth-order valence-electron chi connectivity index (χ4n) is 2.77. The van der Waals surface area contributed by atoms with Crippen LogP contribution >= 0.6 is 11.3 Å². The molecule has 4 aromatic rings. The van der Waals surface area contributed by atoms with Crippen LogP contribution in [-0.2, 0) is 4.74 Å². The smallest absolute Gasteiger partial charge is 0.356 e. The van der Waals surface area contributed by atoms with E-state index in [2.05, 4.69) is 20.2 Å². The predicted octanol–water partition coefficient (Wildman–Crippen LogP) is 2.92. The number of thiophene rings is 1. The Bertz CT molecular complexity index is 1150. The van der Waals surface area contributed by atoms with Gasteiger partial charge in [0.25, 0.3) is 0 Å². The lowest BCUT2D eigenvalue weighted by Gasteiger charge is -2.09. The second-order valence-electron chi connectivity index (χ2n) is 5.46. The van der Waals surface area contributed by atoms with Gasteiger partial charge in [0.1, 0.15) is 17.5 Å². The van der Waals surface area contributed by atoms with Crippen LogP contribution in [0.25, 0.3) is 32.7 Å². The van der Waals surface area contributed by atoms with Crippen LogP contribution in [0.5, 0.6) is 0 Å². The summed E-state index contributed by atoms with van der Waals surface area (Å²) < 4.78 is 5.85. The number of carbonyl (C=O) groups is 1. The number of aromatic amines is 2. The molecule has 0 aliphatic rings. The van der Waals surface area contributed by atoms with Gasteiger partial charge < -0.3 is 15.5 Å². The van der Waals surface area contributed by atoms with Crippen LogP contribution in [0.4, 0.5) is 5.82 Å². The lowest BCUT2D eigenvalue weighted by atomic mass is 10.00. The van der Waals surface area contributed by atoms with E-state index >= 15 is 0 Å². The summed E-state index contributed by atoms with van der Waals surface area (Å²) in [6.07, 6.45) is 1.46. The molecule has 4 N–H and O–H groups in total. The Balaban J connectivity index is 1.93. The van der Waals surface area contributed by atoms with Crippen LogP contribution in [0.1, 0.15) is 16.1 Å². The van der Waals surface area contributed by atoms with Crippen molar-refractivity contribution in [2.75, 3.05) is 12.8 Å². The molecule has 8 nitrogen and oxygen atoms in total. The number of H-pyrrole nitrogens is 2. The number of hydrogen-bond donors (Lipinski definition) is 3. The summed E-state index contributed by atoms with van der Waals surface area (Å²) in [5.74, 6) is -0.506. The molecule has 0 amide bonds. The highest BCUT2D eigenvalue weighted by Crippen LogP contribution is 2.34. The summed E-state index contributed by atoms with van der Waals surface area (Å²) in [7, 11) is 1.27. The highest BCUT2D eigenvalue weighted by atomic mass is 32.1. The lowest BCUT2D eigenvalue weighted by molar-refractivity contribution is 0.0595. The van der Waals surface area contributed by atoms with Crippen molar-refractivity contribution in [3.05, 3.63) is 41.0 Å². The number of nitrogens with two attached hydrogens (primary N) is 1. The number of pyridine rings is 1. The van der Waals surface area contributed by atoms with Gasteiger partial charge in [-0.2, -0.15) is 10.4 Å². The SMILES string of the molecule is COC(=O)c1[nH]ncc1-c1cc(-c2cc3sccc3[nH]2)nc(N)c1C#N. The molecule has 9 heteroatoms. The molecule has 0 fully saturated rings. The van der Waals surface area contributed by atoms with Crippen molar-refractivity contribution in [3.63, 3.8) is 0 Å². The Morgan fingerprint density at radius 2 is 2.23 bits per heavy atom. The lowest BCUT2D eigenvalue weighted by Crippen LogP contribution is -2.05. The number of methoxy groups -OCH3 is 1. The molecule has 0 aromatic carbocycles. The van der Waals surface area contributed by atoms with Crippen LogP contribution in [0, 0.1) is 11.3 Å². The van der Waals surface area contributed by atoms with E-state index in [0.717, 1.165) is 15.9 Å². The first-order valence-electron chi connectivity index (χ1n) is 7.51. The van der Waals surface area contributed by atoms with Gasteiger partial charge in [-0.3, -0.25) is 5.10 Å². The largest absolute Gasteiger partial charge is 0.464 e. The minimum atomic E-state index is -0.585. The third-order valence-electron chi connectivity index (χ3n) is 3.99. The zero-order valence-corrected chi connectivity index (χ0v) is 14.3. The molecular weight excluding hydrogens is 352 g/mol. The van der Waals surface area contributed by atoms with Crippen molar-refractivity contribution < 1.29 is 9.53 Å². The van der Waals surface area contributed by atoms with Crippen molar-refractivity contribution in [2.45, 2.75) is 0 Å². The number of nitrogen functional groups attached to an aromatic ring is 1. The number of esters is 1. The quantitative estimate of drug-likeness (QED) is 0.479. The molecule has 0 aliphatic heterocycles. The van der Waals surface area contributed by atoms with Crippen molar-refractivity contribution in [3.8, 4) is 28.6 Å². The van der Waals surface area contributed by atoms with E-state index in [1.165, 1.54) is 13.3 Å². The minimum Gasteiger partial charge on any atom is -0.464 e. The van der Waals surface area contributed by atoms with E-state index in [4.69, 9.17) is 10.5 Å². The molecule has 4 rings (SSSR count). The first-order valence-corrected chi connectivity index (χ1v) is 8.39. The van der Waals surface area contributed by atoms with Gasteiger partial charge in [0.15, 0.2) is 5.69 Å². The number of rotatable bonds is 3. The highest BCUT2D eigenvalue weighted by Gasteiger charge is 2.21. The zero-order chi connectivity index (χ0) is 18.3. The molecule has 0 spiro atoms. The van der Waals surface area contributed by atoms with Crippen LogP contribution < -0.4 is 5.73 Å². The van der Waals surface area contributed by atoms with Crippen LogP contribution in [0.3, 0.4) is 0 Å². The van der Waals surface area contributed by atoms with E-state index in [1.807, 2.05) is 23.6 Å². The number of hydrogen-bond acceptors (Lipinski definition) is 7. The molecule has 26 heavy (non-hydrogen) atoms. The number of nitriles is 1. The Hall–Kier alpha value is -3.64. The first-order chi connectivity index (χ1) is 12.6. The molecule has 0 bridgehead atoms. The summed E-state index contributed by atoms with van der Waals surface area (Å²) in [5.41, 5.74) is 9.55. The van der Waals surface area contributed by atoms with E-state index in [0.29, 0.717) is 16.8 Å². The molecule has 0 atom stereocenters. The monoisotopic (exact) mass is 364 g/mol. The average Bonchev–Trinajstić information content (AvgIpc) is 3.35. The Labute approximate surface area is 151 Å². The maximum atomic E-state index is 12.0. The molecule has 0 radical (unpaired) electrons. The van der Waals surface area contributed by atoms with E-state index in [9.17, 15) is 10.1 Å². The van der Waals surface area contributed by atoms with Gasteiger partial charge in [-0.15, -0.1) is 11.3 Å². The molecule has 4 heterocycles.